The number of hydrogen-bond acceptors (Lipinski definition) is 3. The van der Waals surface area contributed by atoms with Gasteiger partial charge in [-0.1, -0.05) is 44.2 Å². The topological polar surface area (TPSA) is 38.3 Å². The van der Waals surface area contributed by atoms with Crippen LogP contribution in [0.4, 0.5) is 13.2 Å². The first kappa shape index (κ1) is 16.8. The van der Waals surface area contributed by atoms with Gasteiger partial charge in [-0.05, 0) is 17.9 Å². The van der Waals surface area contributed by atoms with Gasteiger partial charge in [-0.25, -0.2) is 4.79 Å². The first-order valence-corrected chi connectivity index (χ1v) is 7.31. The summed E-state index contributed by atoms with van der Waals surface area (Å²) in [7, 11) is 0. The molecule has 2 atom stereocenters. The Kier molecular flexibility index (Phi) is 4.80. The highest BCUT2D eigenvalue weighted by Crippen LogP contribution is 2.41. The van der Waals surface area contributed by atoms with Gasteiger partial charge in [-0.2, -0.15) is 13.2 Å². The van der Waals surface area contributed by atoms with Crippen LogP contribution in [0.3, 0.4) is 0 Å². The maximum atomic E-state index is 13.5. The first-order chi connectivity index (χ1) is 10.2. The van der Waals surface area contributed by atoms with Crippen molar-refractivity contribution in [1.82, 2.24) is 5.32 Å². The Hall–Kier alpha value is -1.56. The lowest BCUT2D eigenvalue weighted by molar-refractivity contribution is -0.201. The van der Waals surface area contributed by atoms with E-state index in [0.717, 1.165) is 0 Å². The van der Waals surface area contributed by atoms with Crippen LogP contribution in [0.25, 0.3) is 0 Å². The number of nitrogens with one attached hydrogen (secondary N) is 1. The minimum atomic E-state index is -4.69. The Labute approximate surface area is 127 Å². The van der Waals surface area contributed by atoms with Gasteiger partial charge in [0, 0.05) is 13.0 Å². The third-order valence-electron chi connectivity index (χ3n) is 3.81. The summed E-state index contributed by atoms with van der Waals surface area (Å²) in [5, 5.41) is 2.40. The van der Waals surface area contributed by atoms with Gasteiger partial charge >= 0.3 is 12.1 Å². The van der Waals surface area contributed by atoms with E-state index in [1.54, 1.807) is 30.3 Å². The monoisotopic (exact) mass is 315 g/mol. The van der Waals surface area contributed by atoms with Crippen molar-refractivity contribution in [3.05, 3.63) is 35.9 Å². The molecule has 1 saturated heterocycles. The van der Waals surface area contributed by atoms with E-state index in [4.69, 9.17) is 4.74 Å². The summed E-state index contributed by atoms with van der Waals surface area (Å²) in [6, 6.07) is 8.69. The molecule has 2 rings (SSSR count). The van der Waals surface area contributed by atoms with Crippen molar-refractivity contribution in [3.8, 4) is 0 Å². The molecule has 0 radical (unpaired) electrons. The summed E-state index contributed by atoms with van der Waals surface area (Å²) >= 11 is 0. The lowest BCUT2D eigenvalue weighted by Crippen LogP contribution is -2.59. The SMILES string of the molecule is CC(C)C[C@H]1C[C@](NCc2ccccc2)(C(F)(F)F)C(=O)O1. The van der Waals surface area contributed by atoms with E-state index in [2.05, 4.69) is 5.32 Å². The van der Waals surface area contributed by atoms with Gasteiger partial charge in [0.25, 0.3) is 0 Å². The number of cyclic esters (lactones) is 1. The van der Waals surface area contributed by atoms with E-state index in [-0.39, 0.29) is 18.9 Å². The minimum absolute atomic E-state index is 0.0378. The van der Waals surface area contributed by atoms with Crippen LogP contribution in [0.15, 0.2) is 30.3 Å². The summed E-state index contributed by atoms with van der Waals surface area (Å²) in [4.78, 5) is 12.0. The molecule has 1 aliphatic heterocycles. The van der Waals surface area contributed by atoms with Crippen LogP contribution in [0.1, 0.15) is 32.3 Å². The number of hydrogen-bond donors (Lipinski definition) is 1. The van der Waals surface area contributed by atoms with Crippen LogP contribution in [0.5, 0.6) is 0 Å². The van der Waals surface area contributed by atoms with E-state index in [1.165, 1.54) is 0 Å². The number of halogens is 3. The molecule has 0 amide bonds. The van der Waals surface area contributed by atoms with Crippen molar-refractivity contribution in [3.63, 3.8) is 0 Å². The Morgan fingerprint density at radius 3 is 2.50 bits per heavy atom. The number of carbonyl (C=O) groups is 1. The largest absolute Gasteiger partial charge is 0.461 e. The van der Waals surface area contributed by atoms with Gasteiger partial charge in [0.1, 0.15) is 6.10 Å². The molecule has 1 aliphatic rings. The summed E-state index contributed by atoms with van der Waals surface area (Å²) in [6.45, 7) is 3.74. The molecule has 0 saturated carbocycles. The van der Waals surface area contributed by atoms with Crippen LogP contribution in [0.2, 0.25) is 0 Å². The predicted molar refractivity (Wildman–Crippen MR) is 76.0 cm³/mol. The third-order valence-corrected chi connectivity index (χ3v) is 3.81. The summed E-state index contributed by atoms with van der Waals surface area (Å²) in [6.07, 6.45) is -5.33. The van der Waals surface area contributed by atoms with E-state index in [9.17, 15) is 18.0 Å². The van der Waals surface area contributed by atoms with Crippen molar-refractivity contribution in [2.45, 2.75) is 51.1 Å². The van der Waals surface area contributed by atoms with Crippen molar-refractivity contribution in [2.24, 2.45) is 5.92 Å². The van der Waals surface area contributed by atoms with E-state index in [0.29, 0.717) is 12.0 Å². The number of ether oxygens (including phenoxy) is 1. The second-order valence-electron chi connectivity index (χ2n) is 6.10. The van der Waals surface area contributed by atoms with Crippen LogP contribution in [-0.4, -0.2) is 23.8 Å². The molecule has 1 heterocycles. The van der Waals surface area contributed by atoms with Gasteiger partial charge in [-0.3, -0.25) is 5.32 Å². The highest BCUT2D eigenvalue weighted by atomic mass is 19.4. The van der Waals surface area contributed by atoms with Gasteiger partial charge in [0.15, 0.2) is 0 Å². The quantitative estimate of drug-likeness (QED) is 0.846. The number of rotatable bonds is 5. The third kappa shape index (κ3) is 3.43. The van der Waals surface area contributed by atoms with E-state index >= 15 is 0 Å². The van der Waals surface area contributed by atoms with Crippen LogP contribution >= 0.6 is 0 Å². The number of carbonyl (C=O) groups excluding carboxylic acids is 1. The molecule has 22 heavy (non-hydrogen) atoms. The second-order valence-corrected chi connectivity index (χ2v) is 6.10. The van der Waals surface area contributed by atoms with Gasteiger partial charge in [0.2, 0.25) is 5.54 Å². The fourth-order valence-corrected chi connectivity index (χ4v) is 2.70. The zero-order valence-corrected chi connectivity index (χ0v) is 12.6. The Balaban J connectivity index is 2.17. The van der Waals surface area contributed by atoms with Crippen LogP contribution < -0.4 is 5.32 Å². The highest BCUT2D eigenvalue weighted by Gasteiger charge is 2.65. The fraction of sp³-hybridized carbons (Fsp3) is 0.562. The molecule has 0 aliphatic carbocycles. The fourth-order valence-electron chi connectivity index (χ4n) is 2.70. The molecule has 0 unspecified atom stereocenters. The Morgan fingerprint density at radius 2 is 1.95 bits per heavy atom. The van der Waals surface area contributed by atoms with Crippen LogP contribution in [0, 0.1) is 5.92 Å². The zero-order valence-electron chi connectivity index (χ0n) is 12.6. The normalized spacial score (nSPS) is 25.5. The second kappa shape index (κ2) is 6.28. The average molecular weight is 315 g/mol. The molecule has 1 aromatic carbocycles. The lowest BCUT2D eigenvalue weighted by atomic mass is 9.91. The molecule has 3 nitrogen and oxygen atoms in total. The number of alkyl halides is 3. The van der Waals surface area contributed by atoms with Crippen molar-refractivity contribution in [1.29, 1.82) is 0 Å². The molecule has 0 aromatic heterocycles. The summed E-state index contributed by atoms with van der Waals surface area (Å²) in [5.74, 6) is -1.06. The van der Waals surface area contributed by atoms with Gasteiger partial charge < -0.3 is 4.74 Å². The van der Waals surface area contributed by atoms with Crippen LogP contribution in [-0.2, 0) is 16.1 Å². The molecule has 1 N–H and O–H groups in total. The molecule has 1 aromatic rings. The van der Waals surface area contributed by atoms with Gasteiger partial charge in [-0.15, -0.1) is 0 Å². The number of benzene rings is 1. The van der Waals surface area contributed by atoms with Crippen molar-refractivity contribution >= 4 is 5.97 Å². The van der Waals surface area contributed by atoms with Crippen molar-refractivity contribution < 1.29 is 22.7 Å². The summed E-state index contributed by atoms with van der Waals surface area (Å²) in [5.41, 5.74) is -1.92. The smallest absolute Gasteiger partial charge is 0.417 e. The van der Waals surface area contributed by atoms with E-state index in [1.807, 2.05) is 13.8 Å². The minimum Gasteiger partial charge on any atom is -0.461 e. The Morgan fingerprint density at radius 1 is 1.32 bits per heavy atom. The first-order valence-electron chi connectivity index (χ1n) is 7.31. The highest BCUT2D eigenvalue weighted by molar-refractivity contribution is 5.84. The number of esters is 1. The zero-order chi connectivity index (χ0) is 16.4. The maximum absolute atomic E-state index is 13.5. The predicted octanol–water partition coefficient (Wildman–Crippen LogP) is 3.44. The molecular weight excluding hydrogens is 295 g/mol. The van der Waals surface area contributed by atoms with Crippen molar-refractivity contribution in [2.75, 3.05) is 0 Å². The molecule has 0 spiro atoms. The molecule has 122 valence electrons. The Bertz CT molecular complexity index is 516. The molecule has 1 fully saturated rings. The standard InChI is InChI=1S/C16H20F3NO2/c1-11(2)8-13-9-15(14(21)22-13,16(17,18)19)20-10-12-6-4-3-5-7-12/h3-7,11,13,20H,8-10H2,1-2H3/t13-,15+/m0/s1. The maximum Gasteiger partial charge on any atom is 0.417 e. The molecule has 0 bridgehead atoms. The summed E-state index contributed by atoms with van der Waals surface area (Å²) < 4.78 is 45.5. The van der Waals surface area contributed by atoms with Gasteiger partial charge in [0.05, 0.1) is 0 Å². The average Bonchev–Trinajstić information content (AvgIpc) is 2.73. The molecule has 6 heteroatoms. The van der Waals surface area contributed by atoms with E-state index < -0.39 is 23.8 Å². The molecular formula is C16H20F3NO2. The lowest BCUT2D eigenvalue weighted by Gasteiger charge is -2.29.